The Morgan fingerprint density at radius 3 is 2.73 bits per heavy atom. The molecule has 2 unspecified atom stereocenters. The monoisotopic (exact) mass is 436 g/mol. The SMILES string of the molecule is CCN(CC)C(=O)C1CCCN(Cc2cccc(OCCC3CCS(=O)(=O)C3)c2)C1. The van der Waals surface area contributed by atoms with Gasteiger partial charge in [-0.05, 0) is 69.7 Å². The number of carbonyl (C=O) groups excluding carboxylic acids is 1. The molecule has 3 rings (SSSR count). The first-order valence-corrected chi connectivity index (χ1v) is 13.2. The van der Waals surface area contributed by atoms with Crippen molar-refractivity contribution in [2.24, 2.45) is 11.8 Å². The third-order valence-corrected chi connectivity index (χ3v) is 8.19. The lowest BCUT2D eigenvalue weighted by Gasteiger charge is -2.34. The summed E-state index contributed by atoms with van der Waals surface area (Å²) in [5.74, 6) is 2.07. The molecule has 0 saturated carbocycles. The average Bonchev–Trinajstić information content (AvgIpc) is 3.08. The molecular formula is C23H36N2O4S. The number of rotatable bonds is 9. The van der Waals surface area contributed by atoms with E-state index in [-0.39, 0.29) is 17.7 Å². The van der Waals surface area contributed by atoms with Gasteiger partial charge in [0.15, 0.2) is 9.84 Å². The molecule has 0 spiro atoms. The summed E-state index contributed by atoms with van der Waals surface area (Å²) in [4.78, 5) is 17.0. The largest absolute Gasteiger partial charge is 0.494 e. The van der Waals surface area contributed by atoms with Gasteiger partial charge in [-0.2, -0.15) is 0 Å². The molecule has 2 atom stereocenters. The van der Waals surface area contributed by atoms with Crippen LogP contribution in [0.5, 0.6) is 5.75 Å². The van der Waals surface area contributed by atoms with Crippen molar-refractivity contribution >= 4 is 15.7 Å². The molecule has 0 aromatic heterocycles. The number of carbonyl (C=O) groups is 1. The molecule has 168 valence electrons. The predicted molar refractivity (Wildman–Crippen MR) is 119 cm³/mol. The van der Waals surface area contributed by atoms with Crippen molar-refractivity contribution in [1.29, 1.82) is 0 Å². The summed E-state index contributed by atoms with van der Waals surface area (Å²) < 4.78 is 29.1. The van der Waals surface area contributed by atoms with E-state index in [1.165, 1.54) is 5.56 Å². The van der Waals surface area contributed by atoms with Gasteiger partial charge in [0.2, 0.25) is 5.91 Å². The number of hydrogen-bond acceptors (Lipinski definition) is 5. The maximum absolute atomic E-state index is 12.7. The number of hydrogen-bond donors (Lipinski definition) is 0. The van der Waals surface area contributed by atoms with E-state index < -0.39 is 9.84 Å². The molecule has 30 heavy (non-hydrogen) atoms. The Labute approximate surface area is 181 Å². The Kier molecular flexibility index (Phi) is 8.17. The first-order valence-electron chi connectivity index (χ1n) is 11.3. The van der Waals surface area contributed by atoms with Crippen molar-refractivity contribution in [3.63, 3.8) is 0 Å². The van der Waals surface area contributed by atoms with Crippen LogP contribution in [0, 0.1) is 11.8 Å². The lowest BCUT2D eigenvalue weighted by atomic mass is 9.96. The Balaban J connectivity index is 1.49. The van der Waals surface area contributed by atoms with E-state index in [0.717, 1.165) is 64.2 Å². The molecular weight excluding hydrogens is 400 g/mol. The highest BCUT2D eigenvalue weighted by molar-refractivity contribution is 7.91. The summed E-state index contributed by atoms with van der Waals surface area (Å²) in [6.45, 7) is 8.84. The Hall–Kier alpha value is -1.60. The van der Waals surface area contributed by atoms with Crippen LogP contribution in [-0.4, -0.2) is 68.4 Å². The van der Waals surface area contributed by atoms with Crippen LogP contribution in [0.25, 0.3) is 0 Å². The summed E-state index contributed by atoms with van der Waals surface area (Å²) in [5.41, 5.74) is 1.19. The second kappa shape index (κ2) is 10.6. The summed E-state index contributed by atoms with van der Waals surface area (Å²) in [6.07, 6.45) is 3.57. The van der Waals surface area contributed by atoms with E-state index in [1.54, 1.807) is 0 Å². The number of benzene rings is 1. The quantitative estimate of drug-likeness (QED) is 0.595. The first-order chi connectivity index (χ1) is 14.4. The number of ether oxygens (including phenoxy) is 1. The van der Waals surface area contributed by atoms with Gasteiger partial charge in [0.05, 0.1) is 24.0 Å². The Morgan fingerprint density at radius 1 is 1.23 bits per heavy atom. The van der Waals surface area contributed by atoms with Crippen LogP contribution in [0.2, 0.25) is 0 Å². The number of amides is 1. The Bertz CT molecular complexity index is 807. The molecule has 0 radical (unpaired) electrons. The van der Waals surface area contributed by atoms with Crippen molar-refractivity contribution in [3.8, 4) is 5.75 Å². The van der Waals surface area contributed by atoms with E-state index in [2.05, 4.69) is 17.0 Å². The molecule has 1 aromatic rings. The second-order valence-corrected chi connectivity index (χ2v) is 10.9. The first kappa shape index (κ1) is 23.1. The van der Waals surface area contributed by atoms with Crippen molar-refractivity contribution in [2.45, 2.75) is 46.1 Å². The molecule has 2 saturated heterocycles. The van der Waals surface area contributed by atoms with Gasteiger partial charge in [-0.3, -0.25) is 9.69 Å². The molecule has 0 aliphatic carbocycles. The molecule has 1 amide bonds. The number of likely N-dealkylation sites (tertiary alicyclic amines) is 1. The highest BCUT2D eigenvalue weighted by Crippen LogP contribution is 2.24. The zero-order valence-electron chi connectivity index (χ0n) is 18.4. The lowest BCUT2D eigenvalue weighted by molar-refractivity contribution is -0.137. The van der Waals surface area contributed by atoms with Crippen molar-refractivity contribution < 1.29 is 17.9 Å². The molecule has 2 aliphatic heterocycles. The van der Waals surface area contributed by atoms with Crippen LogP contribution in [0.15, 0.2) is 24.3 Å². The lowest BCUT2D eigenvalue weighted by Crippen LogP contribution is -2.44. The predicted octanol–water partition coefficient (Wildman–Crippen LogP) is 2.97. The molecule has 0 bridgehead atoms. The van der Waals surface area contributed by atoms with Gasteiger partial charge in [-0.1, -0.05) is 12.1 Å². The summed E-state index contributed by atoms with van der Waals surface area (Å²) in [6, 6.07) is 8.14. The summed E-state index contributed by atoms with van der Waals surface area (Å²) in [5, 5.41) is 0. The minimum absolute atomic E-state index is 0.0979. The van der Waals surface area contributed by atoms with Gasteiger partial charge in [0.25, 0.3) is 0 Å². The van der Waals surface area contributed by atoms with E-state index in [9.17, 15) is 13.2 Å². The Morgan fingerprint density at radius 2 is 2.03 bits per heavy atom. The maximum atomic E-state index is 12.7. The van der Waals surface area contributed by atoms with Crippen LogP contribution in [0.1, 0.15) is 45.1 Å². The molecule has 7 heteroatoms. The normalized spacial score (nSPS) is 23.9. The number of piperidine rings is 1. The fourth-order valence-corrected chi connectivity index (χ4v) is 6.54. The highest BCUT2D eigenvalue weighted by Gasteiger charge is 2.29. The standard InChI is InChI=1S/C23H36N2O4S/c1-3-25(4-2)23(26)21-8-6-12-24(17-21)16-20-7-5-9-22(15-20)29-13-10-19-11-14-30(27,28)18-19/h5,7,9,15,19,21H,3-4,6,8,10-14,16-18H2,1-2H3. The fraction of sp³-hybridized carbons (Fsp3) is 0.696. The van der Waals surface area contributed by atoms with Crippen LogP contribution < -0.4 is 4.74 Å². The van der Waals surface area contributed by atoms with Gasteiger partial charge >= 0.3 is 0 Å². The van der Waals surface area contributed by atoms with Crippen molar-refractivity contribution in [1.82, 2.24) is 9.80 Å². The van der Waals surface area contributed by atoms with Crippen molar-refractivity contribution in [2.75, 3.05) is 44.3 Å². The van der Waals surface area contributed by atoms with E-state index in [0.29, 0.717) is 18.1 Å². The highest BCUT2D eigenvalue weighted by atomic mass is 32.2. The third kappa shape index (κ3) is 6.45. The topological polar surface area (TPSA) is 66.9 Å². The fourth-order valence-electron chi connectivity index (χ4n) is 4.63. The molecule has 2 aliphatic rings. The molecule has 6 nitrogen and oxygen atoms in total. The van der Waals surface area contributed by atoms with E-state index in [4.69, 9.17) is 4.74 Å². The van der Waals surface area contributed by atoms with Gasteiger partial charge in [0, 0.05) is 26.2 Å². The van der Waals surface area contributed by atoms with Gasteiger partial charge in [0.1, 0.15) is 5.75 Å². The third-order valence-electron chi connectivity index (χ3n) is 6.36. The van der Waals surface area contributed by atoms with Gasteiger partial charge in [-0.25, -0.2) is 8.42 Å². The molecule has 2 heterocycles. The zero-order valence-corrected chi connectivity index (χ0v) is 19.2. The van der Waals surface area contributed by atoms with Crippen LogP contribution >= 0.6 is 0 Å². The van der Waals surface area contributed by atoms with Crippen LogP contribution in [0.4, 0.5) is 0 Å². The number of sulfone groups is 1. The second-order valence-electron chi connectivity index (χ2n) is 8.64. The summed E-state index contributed by atoms with van der Waals surface area (Å²) >= 11 is 0. The minimum Gasteiger partial charge on any atom is -0.494 e. The van der Waals surface area contributed by atoms with Gasteiger partial charge in [-0.15, -0.1) is 0 Å². The molecule has 0 N–H and O–H groups in total. The summed E-state index contributed by atoms with van der Waals surface area (Å²) in [7, 11) is -2.82. The molecule has 1 aromatic carbocycles. The molecule has 2 fully saturated rings. The average molecular weight is 437 g/mol. The van der Waals surface area contributed by atoms with E-state index >= 15 is 0 Å². The smallest absolute Gasteiger partial charge is 0.226 e. The zero-order chi connectivity index (χ0) is 21.6. The van der Waals surface area contributed by atoms with E-state index in [1.807, 2.05) is 30.9 Å². The van der Waals surface area contributed by atoms with Crippen LogP contribution in [-0.2, 0) is 21.2 Å². The van der Waals surface area contributed by atoms with Crippen molar-refractivity contribution in [3.05, 3.63) is 29.8 Å². The maximum Gasteiger partial charge on any atom is 0.226 e. The minimum atomic E-state index is -2.82. The van der Waals surface area contributed by atoms with Crippen LogP contribution in [0.3, 0.4) is 0 Å². The van der Waals surface area contributed by atoms with Gasteiger partial charge < -0.3 is 9.64 Å². The number of nitrogens with zero attached hydrogens (tertiary/aromatic N) is 2.